The molecular weight excluding hydrogens is 273 g/mol. The maximum Gasteiger partial charge on any atom is 0.124 e. The summed E-state index contributed by atoms with van der Waals surface area (Å²) in [5.74, 6) is 0.175. The zero-order chi connectivity index (χ0) is 14.7. The summed E-state index contributed by atoms with van der Waals surface area (Å²) in [4.78, 5) is 0. The van der Waals surface area contributed by atoms with E-state index in [0.717, 1.165) is 11.3 Å². The normalized spacial score (nSPS) is 12.5. The molecule has 0 amide bonds. The molecule has 106 valence electrons. The van der Waals surface area contributed by atoms with E-state index in [4.69, 9.17) is 11.6 Å². The monoisotopic (exact) mass is 291 g/mol. The van der Waals surface area contributed by atoms with Crippen molar-refractivity contribution >= 4 is 17.3 Å². The largest absolute Gasteiger partial charge is 0.378 e. The minimum Gasteiger partial charge on any atom is -0.378 e. The van der Waals surface area contributed by atoms with Crippen molar-refractivity contribution in [1.82, 2.24) is 0 Å². The van der Waals surface area contributed by atoms with Gasteiger partial charge in [-0.25, -0.2) is 4.39 Å². The van der Waals surface area contributed by atoms with E-state index in [1.165, 1.54) is 17.7 Å². The lowest BCUT2D eigenvalue weighted by Crippen LogP contribution is -2.07. The molecule has 0 aliphatic carbocycles. The first-order chi connectivity index (χ1) is 9.47. The Hall–Kier alpha value is -1.54. The van der Waals surface area contributed by atoms with Crippen LogP contribution in [0, 0.1) is 5.82 Å². The van der Waals surface area contributed by atoms with E-state index in [0.29, 0.717) is 10.9 Å². The average Bonchev–Trinajstić information content (AvgIpc) is 2.38. The van der Waals surface area contributed by atoms with Crippen LogP contribution in [0.4, 0.5) is 10.1 Å². The number of benzene rings is 2. The molecule has 0 bridgehead atoms. The van der Waals surface area contributed by atoms with Gasteiger partial charge in [0, 0.05) is 16.8 Å². The molecule has 2 rings (SSSR count). The third-order valence-corrected chi connectivity index (χ3v) is 3.69. The van der Waals surface area contributed by atoms with Crippen LogP contribution in [-0.2, 0) is 0 Å². The highest BCUT2D eigenvalue weighted by atomic mass is 35.5. The molecule has 0 spiro atoms. The molecule has 0 heterocycles. The van der Waals surface area contributed by atoms with Crippen LogP contribution in [0.25, 0.3) is 0 Å². The predicted octanol–water partition coefficient (Wildman–Crippen LogP) is 5.78. The van der Waals surface area contributed by atoms with Crippen LogP contribution in [0.15, 0.2) is 42.5 Å². The average molecular weight is 292 g/mol. The SMILES string of the molecule is CC(C)c1cccc(NC(C)c2ccc(F)cc2Cl)c1. The summed E-state index contributed by atoms with van der Waals surface area (Å²) in [6.07, 6.45) is 0. The summed E-state index contributed by atoms with van der Waals surface area (Å²) >= 11 is 6.09. The lowest BCUT2D eigenvalue weighted by Gasteiger charge is -2.18. The first-order valence-electron chi connectivity index (χ1n) is 6.79. The molecule has 0 aromatic heterocycles. The van der Waals surface area contributed by atoms with Crippen LogP contribution in [0.3, 0.4) is 0 Å². The number of hydrogen-bond acceptors (Lipinski definition) is 1. The summed E-state index contributed by atoms with van der Waals surface area (Å²) in [7, 11) is 0. The molecule has 2 aromatic carbocycles. The van der Waals surface area contributed by atoms with Crippen molar-refractivity contribution in [2.24, 2.45) is 0 Å². The van der Waals surface area contributed by atoms with E-state index in [1.807, 2.05) is 19.1 Å². The topological polar surface area (TPSA) is 12.0 Å². The van der Waals surface area contributed by atoms with Gasteiger partial charge in [0.25, 0.3) is 0 Å². The van der Waals surface area contributed by atoms with E-state index >= 15 is 0 Å². The number of nitrogens with one attached hydrogen (secondary N) is 1. The summed E-state index contributed by atoms with van der Waals surface area (Å²) in [5.41, 5.74) is 3.22. The van der Waals surface area contributed by atoms with Crippen molar-refractivity contribution < 1.29 is 4.39 Å². The Kier molecular flexibility index (Phi) is 4.66. The van der Waals surface area contributed by atoms with Crippen LogP contribution >= 0.6 is 11.6 Å². The standard InChI is InChI=1S/C17H19ClFN/c1-11(2)13-5-4-6-15(9-13)20-12(3)16-8-7-14(19)10-17(16)18/h4-12,20H,1-3H3. The zero-order valence-electron chi connectivity index (χ0n) is 12.0. The van der Waals surface area contributed by atoms with Crippen molar-refractivity contribution in [3.8, 4) is 0 Å². The Morgan fingerprint density at radius 1 is 1.05 bits per heavy atom. The molecule has 20 heavy (non-hydrogen) atoms. The number of halogens is 2. The van der Waals surface area contributed by atoms with Gasteiger partial charge >= 0.3 is 0 Å². The van der Waals surface area contributed by atoms with Gasteiger partial charge in [0.2, 0.25) is 0 Å². The second-order valence-corrected chi connectivity index (χ2v) is 5.72. The van der Waals surface area contributed by atoms with E-state index in [-0.39, 0.29) is 11.9 Å². The molecular formula is C17H19ClFN. The summed E-state index contributed by atoms with van der Waals surface area (Å²) in [6, 6.07) is 12.8. The minimum atomic E-state index is -0.312. The Morgan fingerprint density at radius 3 is 2.45 bits per heavy atom. The van der Waals surface area contributed by atoms with Gasteiger partial charge in [-0.3, -0.25) is 0 Å². The van der Waals surface area contributed by atoms with Crippen molar-refractivity contribution in [2.45, 2.75) is 32.7 Å². The quantitative estimate of drug-likeness (QED) is 0.753. The van der Waals surface area contributed by atoms with E-state index in [1.54, 1.807) is 6.07 Å². The molecule has 0 aliphatic heterocycles. The molecule has 3 heteroatoms. The third-order valence-electron chi connectivity index (χ3n) is 3.37. The Labute approximate surface area is 124 Å². The number of anilines is 1. The van der Waals surface area contributed by atoms with E-state index in [2.05, 4.69) is 31.3 Å². The zero-order valence-corrected chi connectivity index (χ0v) is 12.7. The summed E-state index contributed by atoms with van der Waals surface area (Å²) in [5, 5.41) is 3.86. The van der Waals surface area contributed by atoms with Crippen molar-refractivity contribution in [3.63, 3.8) is 0 Å². The molecule has 0 saturated heterocycles. The Morgan fingerprint density at radius 2 is 1.80 bits per heavy atom. The van der Waals surface area contributed by atoms with Gasteiger partial charge in [-0.05, 0) is 48.2 Å². The van der Waals surface area contributed by atoms with Gasteiger partial charge in [-0.2, -0.15) is 0 Å². The number of hydrogen-bond donors (Lipinski definition) is 1. The van der Waals surface area contributed by atoms with Gasteiger partial charge in [-0.15, -0.1) is 0 Å². The molecule has 0 fully saturated rings. The smallest absolute Gasteiger partial charge is 0.124 e. The number of rotatable bonds is 4. The van der Waals surface area contributed by atoms with Crippen LogP contribution < -0.4 is 5.32 Å². The molecule has 1 nitrogen and oxygen atoms in total. The molecule has 0 aliphatic rings. The first kappa shape index (κ1) is 14.9. The lowest BCUT2D eigenvalue weighted by molar-refractivity contribution is 0.626. The van der Waals surface area contributed by atoms with Crippen molar-refractivity contribution in [2.75, 3.05) is 5.32 Å². The second kappa shape index (κ2) is 6.27. The van der Waals surface area contributed by atoms with Gasteiger partial charge in [0.05, 0.1) is 0 Å². The molecule has 1 atom stereocenters. The fourth-order valence-electron chi connectivity index (χ4n) is 2.17. The minimum absolute atomic E-state index is 0.0190. The van der Waals surface area contributed by atoms with E-state index in [9.17, 15) is 4.39 Å². The highest BCUT2D eigenvalue weighted by Gasteiger charge is 2.11. The highest BCUT2D eigenvalue weighted by Crippen LogP contribution is 2.27. The van der Waals surface area contributed by atoms with Crippen molar-refractivity contribution in [1.29, 1.82) is 0 Å². The fourth-order valence-corrected chi connectivity index (χ4v) is 2.50. The third kappa shape index (κ3) is 3.51. The molecule has 1 N–H and O–H groups in total. The lowest BCUT2D eigenvalue weighted by atomic mass is 10.0. The Bertz CT molecular complexity index is 595. The predicted molar refractivity (Wildman–Crippen MR) is 84.0 cm³/mol. The van der Waals surface area contributed by atoms with Crippen molar-refractivity contribution in [3.05, 3.63) is 64.4 Å². The van der Waals surface area contributed by atoms with Crippen LogP contribution in [0.1, 0.15) is 43.9 Å². The molecule has 2 aromatic rings. The van der Waals surface area contributed by atoms with Gasteiger partial charge in [0.1, 0.15) is 5.82 Å². The van der Waals surface area contributed by atoms with Crippen LogP contribution in [0.5, 0.6) is 0 Å². The molecule has 0 saturated carbocycles. The molecule has 0 radical (unpaired) electrons. The fraction of sp³-hybridized carbons (Fsp3) is 0.294. The highest BCUT2D eigenvalue weighted by molar-refractivity contribution is 6.31. The molecule has 1 unspecified atom stereocenters. The van der Waals surface area contributed by atoms with Gasteiger partial charge in [0.15, 0.2) is 0 Å². The maximum absolute atomic E-state index is 13.1. The first-order valence-corrected chi connectivity index (χ1v) is 7.16. The van der Waals surface area contributed by atoms with E-state index < -0.39 is 0 Å². The van der Waals surface area contributed by atoms with Gasteiger partial charge < -0.3 is 5.32 Å². The summed E-state index contributed by atoms with van der Waals surface area (Å²) in [6.45, 7) is 6.35. The second-order valence-electron chi connectivity index (χ2n) is 5.31. The van der Waals surface area contributed by atoms with Gasteiger partial charge in [-0.1, -0.05) is 43.6 Å². The van der Waals surface area contributed by atoms with Crippen LogP contribution in [-0.4, -0.2) is 0 Å². The van der Waals surface area contributed by atoms with Crippen LogP contribution in [0.2, 0.25) is 5.02 Å². The maximum atomic E-state index is 13.1. The summed E-state index contributed by atoms with van der Waals surface area (Å²) < 4.78 is 13.1. The Balaban J connectivity index is 2.19.